The molecule has 0 radical (unpaired) electrons. The number of imidazole rings is 1. The van der Waals surface area contributed by atoms with E-state index in [0.717, 1.165) is 22.0 Å². The Morgan fingerprint density at radius 2 is 1.86 bits per heavy atom. The quantitative estimate of drug-likeness (QED) is 0.756. The first-order valence-corrected chi connectivity index (χ1v) is 7.22. The normalized spacial score (nSPS) is 12.1. The zero-order chi connectivity index (χ0) is 14.7. The van der Waals surface area contributed by atoms with Crippen LogP contribution in [0.5, 0.6) is 0 Å². The van der Waals surface area contributed by atoms with Crippen molar-refractivity contribution in [2.24, 2.45) is 0 Å². The molecule has 1 unspecified atom stereocenters. The Labute approximate surface area is 129 Å². The summed E-state index contributed by atoms with van der Waals surface area (Å²) in [6, 6.07) is 16.2. The first-order chi connectivity index (χ1) is 10.3. The Morgan fingerprint density at radius 3 is 2.62 bits per heavy atom. The van der Waals surface area contributed by atoms with E-state index in [4.69, 9.17) is 11.6 Å². The van der Waals surface area contributed by atoms with Crippen molar-refractivity contribution in [2.45, 2.75) is 13.0 Å². The molecule has 0 saturated heterocycles. The third kappa shape index (κ3) is 2.93. The van der Waals surface area contributed by atoms with Crippen LogP contribution >= 0.6 is 11.6 Å². The summed E-state index contributed by atoms with van der Waals surface area (Å²) in [5.41, 5.74) is 3.19. The van der Waals surface area contributed by atoms with Gasteiger partial charge in [0.15, 0.2) is 0 Å². The van der Waals surface area contributed by atoms with E-state index in [-0.39, 0.29) is 6.04 Å². The summed E-state index contributed by atoms with van der Waals surface area (Å²) in [5, 5.41) is 4.30. The van der Waals surface area contributed by atoms with E-state index in [1.807, 2.05) is 47.2 Å². The maximum Gasteiger partial charge on any atom is 0.0992 e. The van der Waals surface area contributed by atoms with Crippen LogP contribution in [0.1, 0.15) is 18.5 Å². The van der Waals surface area contributed by atoms with Crippen LogP contribution in [0, 0.1) is 0 Å². The van der Waals surface area contributed by atoms with E-state index in [1.165, 1.54) is 0 Å². The van der Waals surface area contributed by atoms with E-state index in [2.05, 4.69) is 29.4 Å². The average molecular weight is 298 g/mol. The molecule has 0 spiro atoms. The van der Waals surface area contributed by atoms with Crippen molar-refractivity contribution >= 4 is 17.3 Å². The third-order valence-corrected chi connectivity index (χ3v) is 3.77. The Morgan fingerprint density at radius 1 is 1.10 bits per heavy atom. The van der Waals surface area contributed by atoms with Crippen molar-refractivity contribution in [1.29, 1.82) is 0 Å². The van der Waals surface area contributed by atoms with Gasteiger partial charge in [-0.1, -0.05) is 41.9 Å². The highest BCUT2D eigenvalue weighted by Crippen LogP contribution is 2.28. The Kier molecular flexibility index (Phi) is 3.93. The van der Waals surface area contributed by atoms with Crippen molar-refractivity contribution in [3.05, 3.63) is 77.8 Å². The minimum atomic E-state index is 0.114. The SMILES string of the molecule is CC(Nc1ccccc1-n1ccnc1)c1ccccc1Cl. The lowest BCUT2D eigenvalue weighted by Gasteiger charge is -2.19. The molecule has 2 aromatic carbocycles. The van der Waals surface area contributed by atoms with Gasteiger partial charge in [-0.2, -0.15) is 0 Å². The molecule has 21 heavy (non-hydrogen) atoms. The first-order valence-electron chi connectivity index (χ1n) is 6.84. The van der Waals surface area contributed by atoms with Gasteiger partial charge in [0.05, 0.1) is 23.7 Å². The van der Waals surface area contributed by atoms with Gasteiger partial charge < -0.3 is 9.88 Å². The summed E-state index contributed by atoms with van der Waals surface area (Å²) in [7, 11) is 0. The lowest BCUT2D eigenvalue weighted by molar-refractivity contribution is 0.880. The Bertz CT molecular complexity index is 722. The van der Waals surface area contributed by atoms with E-state index in [1.54, 1.807) is 12.5 Å². The molecule has 0 amide bonds. The zero-order valence-electron chi connectivity index (χ0n) is 11.7. The molecule has 3 nitrogen and oxygen atoms in total. The van der Waals surface area contributed by atoms with Gasteiger partial charge in [0.25, 0.3) is 0 Å². The van der Waals surface area contributed by atoms with Gasteiger partial charge in [-0.15, -0.1) is 0 Å². The summed E-state index contributed by atoms with van der Waals surface area (Å²) in [5.74, 6) is 0. The number of benzene rings is 2. The lowest BCUT2D eigenvalue weighted by atomic mass is 10.1. The van der Waals surface area contributed by atoms with Gasteiger partial charge >= 0.3 is 0 Å². The van der Waals surface area contributed by atoms with E-state index < -0.39 is 0 Å². The summed E-state index contributed by atoms with van der Waals surface area (Å²) < 4.78 is 1.99. The van der Waals surface area contributed by atoms with E-state index >= 15 is 0 Å². The zero-order valence-corrected chi connectivity index (χ0v) is 12.5. The monoisotopic (exact) mass is 297 g/mol. The molecule has 3 aromatic rings. The van der Waals surface area contributed by atoms with Gasteiger partial charge in [0.1, 0.15) is 0 Å². The predicted octanol–water partition coefficient (Wildman–Crippen LogP) is 4.70. The molecule has 1 N–H and O–H groups in total. The van der Waals surface area contributed by atoms with Gasteiger partial charge in [0.2, 0.25) is 0 Å². The molecule has 106 valence electrons. The van der Waals surface area contributed by atoms with Gasteiger partial charge in [-0.05, 0) is 30.7 Å². The topological polar surface area (TPSA) is 29.9 Å². The number of aromatic nitrogens is 2. The number of anilines is 1. The van der Waals surface area contributed by atoms with Crippen LogP contribution in [0.4, 0.5) is 5.69 Å². The fourth-order valence-corrected chi connectivity index (χ4v) is 2.66. The number of rotatable bonds is 4. The maximum absolute atomic E-state index is 6.27. The minimum absolute atomic E-state index is 0.114. The lowest BCUT2D eigenvalue weighted by Crippen LogP contribution is -2.09. The summed E-state index contributed by atoms with van der Waals surface area (Å²) in [6.07, 6.45) is 5.50. The maximum atomic E-state index is 6.27. The molecular formula is C17H16ClN3. The minimum Gasteiger partial charge on any atom is -0.377 e. The van der Waals surface area contributed by atoms with E-state index in [0.29, 0.717) is 0 Å². The number of para-hydroxylation sites is 2. The van der Waals surface area contributed by atoms with Gasteiger partial charge in [-0.25, -0.2) is 4.98 Å². The highest BCUT2D eigenvalue weighted by molar-refractivity contribution is 6.31. The molecule has 3 rings (SSSR count). The number of hydrogen-bond donors (Lipinski definition) is 1. The molecule has 1 atom stereocenters. The highest BCUT2D eigenvalue weighted by Gasteiger charge is 2.11. The molecule has 1 aromatic heterocycles. The summed E-state index contributed by atoms with van der Waals surface area (Å²) in [4.78, 5) is 4.11. The van der Waals surface area contributed by atoms with Crippen LogP contribution < -0.4 is 5.32 Å². The smallest absolute Gasteiger partial charge is 0.0992 e. The van der Waals surface area contributed by atoms with Gasteiger partial charge in [-0.3, -0.25) is 0 Å². The van der Waals surface area contributed by atoms with Crippen molar-refractivity contribution in [1.82, 2.24) is 9.55 Å². The number of hydrogen-bond acceptors (Lipinski definition) is 2. The molecule has 0 fully saturated rings. The number of nitrogens with zero attached hydrogens (tertiary/aromatic N) is 2. The van der Waals surface area contributed by atoms with Crippen LogP contribution in [0.2, 0.25) is 5.02 Å². The molecule has 1 heterocycles. The molecule has 0 aliphatic rings. The van der Waals surface area contributed by atoms with Crippen molar-refractivity contribution in [2.75, 3.05) is 5.32 Å². The van der Waals surface area contributed by atoms with Crippen LogP contribution in [0.15, 0.2) is 67.3 Å². The van der Waals surface area contributed by atoms with Crippen LogP contribution in [0.25, 0.3) is 5.69 Å². The second-order valence-corrected chi connectivity index (χ2v) is 5.28. The molecule has 4 heteroatoms. The summed E-state index contributed by atoms with van der Waals surface area (Å²) in [6.45, 7) is 2.10. The predicted molar refractivity (Wildman–Crippen MR) is 87.1 cm³/mol. The van der Waals surface area contributed by atoms with Crippen LogP contribution in [-0.2, 0) is 0 Å². The largest absolute Gasteiger partial charge is 0.377 e. The van der Waals surface area contributed by atoms with Crippen LogP contribution in [-0.4, -0.2) is 9.55 Å². The van der Waals surface area contributed by atoms with E-state index in [9.17, 15) is 0 Å². The second-order valence-electron chi connectivity index (χ2n) is 4.87. The van der Waals surface area contributed by atoms with Crippen molar-refractivity contribution in [3.63, 3.8) is 0 Å². The standard InChI is InChI=1S/C17H16ClN3/c1-13(14-6-2-3-7-15(14)18)20-16-8-4-5-9-17(16)21-11-10-19-12-21/h2-13,20H,1H3. The first kappa shape index (κ1) is 13.7. The third-order valence-electron chi connectivity index (χ3n) is 3.43. The molecule has 0 saturated carbocycles. The highest BCUT2D eigenvalue weighted by atomic mass is 35.5. The average Bonchev–Trinajstić information content (AvgIpc) is 3.02. The van der Waals surface area contributed by atoms with Crippen LogP contribution in [0.3, 0.4) is 0 Å². The molecule has 0 bridgehead atoms. The molecule has 0 aliphatic heterocycles. The van der Waals surface area contributed by atoms with Crippen molar-refractivity contribution < 1.29 is 0 Å². The Hall–Kier alpha value is -2.26. The Balaban J connectivity index is 1.91. The van der Waals surface area contributed by atoms with Crippen molar-refractivity contribution in [3.8, 4) is 5.69 Å². The van der Waals surface area contributed by atoms with Gasteiger partial charge in [0, 0.05) is 17.4 Å². The molecular weight excluding hydrogens is 282 g/mol. The fraction of sp³-hybridized carbons (Fsp3) is 0.118. The second kappa shape index (κ2) is 6.02. The number of halogens is 1. The fourth-order valence-electron chi connectivity index (χ4n) is 2.36. The summed E-state index contributed by atoms with van der Waals surface area (Å²) >= 11 is 6.27. The molecule has 0 aliphatic carbocycles. The number of nitrogens with one attached hydrogen (secondary N) is 1.